The fraction of sp³-hybridized carbons (Fsp3) is 0.455. The average molecular weight is 332 g/mol. The van der Waals surface area contributed by atoms with Crippen LogP contribution in [-0.2, 0) is 0 Å². The second-order valence-corrected chi connectivity index (χ2v) is 5.05. The topological polar surface area (TPSA) is 42.4 Å². The first-order chi connectivity index (χ1) is 7.58. The summed E-state index contributed by atoms with van der Waals surface area (Å²) < 4.78 is 6.49. The maximum atomic E-state index is 11.7. The monoisotopic (exact) mass is 332 g/mol. The molecule has 5 heteroatoms. The number of halogens is 1. The predicted octanol–water partition coefficient (Wildman–Crippen LogP) is 1.93. The summed E-state index contributed by atoms with van der Waals surface area (Å²) in [6.07, 6.45) is 4.10. The molecular formula is C11H13IN2O2. The van der Waals surface area contributed by atoms with Crippen molar-refractivity contribution in [2.24, 2.45) is 0 Å². The van der Waals surface area contributed by atoms with Crippen molar-refractivity contribution in [1.29, 1.82) is 0 Å². The molecule has 1 aromatic rings. The second kappa shape index (κ2) is 4.57. The quantitative estimate of drug-likeness (QED) is 0.627. The lowest BCUT2D eigenvalue weighted by atomic mass is 10.2. The molecule has 0 aliphatic heterocycles. The lowest BCUT2D eigenvalue weighted by Crippen LogP contribution is -2.22. The molecule has 1 heterocycles. The zero-order valence-corrected chi connectivity index (χ0v) is 11.4. The largest absolute Gasteiger partial charge is 0.488 e. The Labute approximate surface area is 108 Å². The van der Waals surface area contributed by atoms with Crippen LogP contribution in [0, 0.1) is 3.70 Å². The molecule has 0 saturated heterocycles. The molecular weight excluding hydrogens is 319 g/mol. The van der Waals surface area contributed by atoms with Crippen molar-refractivity contribution in [2.75, 3.05) is 14.1 Å². The van der Waals surface area contributed by atoms with Crippen LogP contribution < -0.4 is 4.74 Å². The summed E-state index contributed by atoms with van der Waals surface area (Å²) in [6.45, 7) is 0. The number of pyridine rings is 1. The van der Waals surface area contributed by atoms with Crippen LogP contribution in [0.1, 0.15) is 23.2 Å². The number of hydrogen-bond acceptors (Lipinski definition) is 3. The lowest BCUT2D eigenvalue weighted by Gasteiger charge is -2.12. The number of carbonyl (C=O) groups is 1. The van der Waals surface area contributed by atoms with Gasteiger partial charge >= 0.3 is 0 Å². The summed E-state index contributed by atoms with van der Waals surface area (Å²) in [5.74, 6) is 0.667. The van der Waals surface area contributed by atoms with Crippen molar-refractivity contribution in [2.45, 2.75) is 18.9 Å². The van der Waals surface area contributed by atoms with E-state index in [2.05, 4.69) is 27.6 Å². The summed E-state index contributed by atoms with van der Waals surface area (Å²) in [4.78, 5) is 17.4. The van der Waals surface area contributed by atoms with Crippen LogP contribution in [-0.4, -0.2) is 36.0 Å². The van der Waals surface area contributed by atoms with Gasteiger partial charge in [0.15, 0.2) is 5.75 Å². The minimum absolute atomic E-state index is 0.0513. The highest BCUT2D eigenvalue weighted by Gasteiger charge is 2.25. The van der Waals surface area contributed by atoms with E-state index in [1.54, 1.807) is 26.4 Å². The predicted molar refractivity (Wildman–Crippen MR) is 68.6 cm³/mol. The molecule has 0 radical (unpaired) electrons. The molecule has 1 aliphatic rings. The summed E-state index contributed by atoms with van der Waals surface area (Å²) in [6, 6.07) is 1.77. The van der Waals surface area contributed by atoms with Gasteiger partial charge < -0.3 is 9.64 Å². The van der Waals surface area contributed by atoms with Gasteiger partial charge in [-0.25, -0.2) is 4.98 Å². The van der Waals surface area contributed by atoms with E-state index < -0.39 is 0 Å². The van der Waals surface area contributed by atoms with Gasteiger partial charge in [-0.2, -0.15) is 0 Å². The van der Waals surface area contributed by atoms with Gasteiger partial charge in [-0.3, -0.25) is 4.79 Å². The number of aromatic nitrogens is 1. The molecule has 0 N–H and O–H groups in total. The smallest absolute Gasteiger partial charge is 0.255 e. The Morgan fingerprint density at radius 1 is 1.56 bits per heavy atom. The Morgan fingerprint density at radius 3 is 2.81 bits per heavy atom. The van der Waals surface area contributed by atoms with E-state index >= 15 is 0 Å². The van der Waals surface area contributed by atoms with Crippen LogP contribution in [0.4, 0.5) is 0 Å². The molecule has 86 valence electrons. The molecule has 4 nitrogen and oxygen atoms in total. The van der Waals surface area contributed by atoms with E-state index in [9.17, 15) is 4.79 Å². The van der Waals surface area contributed by atoms with Gasteiger partial charge in [0, 0.05) is 20.3 Å². The van der Waals surface area contributed by atoms with E-state index in [0.717, 1.165) is 22.3 Å². The first-order valence-electron chi connectivity index (χ1n) is 5.12. The number of carbonyl (C=O) groups excluding carboxylic acids is 1. The standard InChI is InChI=1S/C11H13IN2O2/c1-14(2)11(15)7-5-9(10(12)13-6-7)16-8-3-4-8/h5-6,8H,3-4H2,1-2H3. The molecule has 0 bridgehead atoms. The molecule has 0 spiro atoms. The van der Waals surface area contributed by atoms with Crippen molar-refractivity contribution in [3.8, 4) is 5.75 Å². The van der Waals surface area contributed by atoms with Crippen LogP contribution in [0.15, 0.2) is 12.3 Å². The van der Waals surface area contributed by atoms with E-state index in [1.807, 2.05) is 0 Å². The highest BCUT2D eigenvalue weighted by atomic mass is 127. The van der Waals surface area contributed by atoms with Crippen LogP contribution in [0.5, 0.6) is 5.75 Å². The fourth-order valence-electron chi connectivity index (χ4n) is 1.25. The first kappa shape index (κ1) is 11.6. The molecule has 1 aromatic heterocycles. The van der Waals surface area contributed by atoms with E-state index in [1.165, 1.54) is 4.90 Å². The molecule has 1 fully saturated rings. The van der Waals surface area contributed by atoms with Crippen molar-refractivity contribution < 1.29 is 9.53 Å². The Hall–Kier alpha value is -0.850. The normalized spacial score (nSPS) is 14.7. The molecule has 0 aromatic carbocycles. The van der Waals surface area contributed by atoms with Gasteiger partial charge in [-0.15, -0.1) is 0 Å². The summed E-state index contributed by atoms with van der Waals surface area (Å²) in [5, 5.41) is 0. The SMILES string of the molecule is CN(C)C(=O)c1cnc(I)c(OC2CC2)c1. The number of nitrogens with zero attached hydrogens (tertiary/aromatic N) is 2. The Bertz CT molecular complexity index is 416. The Balaban J connectivity index is 2.23. The first-order valence-corrected chi connectivity index (χ1v) is 6.19. The molecule has 0 atom stereocenters. The van der Waals surface area contributed by atoms with Crippen LogP contribution >= 0.6 is 22.6 Å². The van der Waals surface area contributed by atoms with Gasteiger partial charge in [-0.1, -0.05) is 0 Å². The Kier molecular flexibility index (Phi) is 3.32. The van der Waals surface area contributed by atoms with Gasteiger partial charge in [0.1, 0.15) is 3.70 Å². The summed E-state index contributed by atoms with van der Waals surface area (Å²) in [5.41, 5.74) is 0.570. The highest BCUT2D eigenvalue weighted by molar-refractivity contribution is 14.1. The molecule has 0 unspecified atom stereocenters. The fourth-order valence-corrected chi connectivity index (χ4v) is 1.67. The third-order valence-electron chi connectivity index (χ3n) is 2.28. The van der Waals surface area contributed by atoms with Crippen molar-refractivity contribution >= 4 is 28.5 Å². The van der Waals surface area contributed by atoms with Crippen molar-refractivity contribution in [1.82, 2.24) is 9.88 Å². The summed E-state index contributed by atoms with van der Waals surface area (Å²) in [7, 11) is 3.45. The lowest BCUT2D eigenvalue weighted by molar-refractivity contribution is 0.0826. The third-order valence-corrected chi connectivity index (χ3v) is 3.09. The maximum absolute atomic E-state index is 11.7. The van der Waals surface area contributed by atoms with E-state index in [4.69, 9.17) is 4.74 Å². The average Bonchev–Trinajstić information content (AvgIpc) is 3.04. The molecule has 1 aliphatic carbocycles. The Morgan fingerprint density at radius 2 is 2.25 bits per heavy atom. The van der Waals surface area contributed by atoms with Crippen LogP contribution in [0.3, 0.4) is 0 Å². The second-order valence-electron chi connectivity index (χ2n) is 4.03. The van der Waals surface area contributed by atoms with Crippen molar-refractivity contribution in [3.05, 3.63) is 21.5 Å². The van der Waals surface area contributed by atoms with E-state index in [0.29, 0.717) is 11.7 Å². The van der Waals surface area contributed by atoms with Crippen LogP contribution in [0.2, 0.25) is 0 Å². The maximum Gasteiger partial charge on any atom is 0.255 e. The minimum atomic E-state index is -0.0513. The molecule has 1 saturated carbocycles. The van der Waals surface area contributed by atoms with E-state index in [-0.39, 0.29) is 5.91 Å². The molecule has 2 rings (SSSR count). The molecule has 1 amide bonds. The minimum Gasteiger partial charge on any atom is -0.488 e. The van der Waals surface area contributed by atoms with Crippen LogP contribution in [0.25, 0.3) is 0 Å². The number of amides is 1. The van der Waals surface area contributed by atoms with Gasteiger partial charge in [-0.05, 0) is 41.5 Å². The zero-order chi connectivity index (χ0) is 11.7. The number of hydrogen-bond donors (Lipinski definition) is 0. The van der Waals surface area contributed by atoms with Gasteiger partial charge in [0.25, 0.3) is 5.91 Å². The van der Waals surface area contributed by atoms with Gasteiger partial charge in [0.2, 0.25) is 0 Å². The molecule has 16 heavy (non-hydrogen) atoms. The summed E-state index contributed by atoms with van der Waals surface area (Å²) >= 11 is 2.12. The highest BCUT2D eigenvalue weighted by Crippen LogP contribution is 2.29. The third kappa shape index (κ3) is 2.63. The number of ether oxygens (including phenoxy) is 1. The van der Waals surface area contributed by atoms with Gasteiger partial charge in [0.05, 0.1) is 11.7 Å². The number of rotatable bonds is 3. The zero-order valence-electron chi connectivity index (χ0n) is 9.24. The van der Waals surface area contributed by atoms with Crippen molar-refractivity contribution in [3.63, 3.8) is 0 Å².